The predicted molar refractivity (Wildman–Crippen MR) is 91.0 cm³/mol. The van der Waals surface area contributed by atoms with Crippen molar-refractivity contribution in [2.24, 2.45) is 5.73 Å². The number of amides is 4. The van der Waals surface area contributed by atoms with Crippen LogP contribution < -0.4 is 16.4 Å². The van der Waals surface area contributed by atoms with Crippen molar-refractivity contribution in [1.29, 1.82) is 0 Å². The Labute approximate surface area is 149 Å². The summed E-state index contributed by atoms with van der Waals surface area (Å²) in [5.74, 6) is -1.44. The number of nitrogens with two attached hydrogens (primary N) is 1. The Morgan fingerprint density at radius 3 is 2.88 bits per heavy atom. The van der Waals surface area contributed by atoms with Crippen molar-refractivity contribution in [2.75, 3.05) is 25.1 Å². The van der Waals surface area contributed by atoms with Gasteiger partial charge in [-0.1, -0.05) is 6.07 Å². The highest BCUT2D eigenvalue weighted by Crippen LogP contribution is 2.32. The summed E-state index contributed by atoms with van der Waals surface area (Å²) in [6.07, 6.45) is 0.484. The number of carbonyl (C=O) groups excluding carboxylic acids is 4. The first-order chi connectivity index (χ1) is 12.5. The quantitative estimate of drug-likeness (QED) is 0.457. The molecule has 1 aromatic rings. The number of benzene rings is 1. The van der Waals surface area contributed by atoms with Crippen molar-refractivity contribution in [3.63, 3.8) is 0 Å². The average Bonchev–Trinajstić information content (AvgIpc) is 2.93. The predicted octanol–water partition coefficient (Wildman–Crippen LogP) is -0.639. The van der Waals surface area contributed by atoms with E-state index in [-0.39, 0.29) is 43.9 Å². The van der Waals surface area contributed by atoms with Gasteiger partial charge in [-0.3, -0.25) is 24.5 Å². The number of anilines is 1. The molecule has 2 aliphatic rings. The second-order valence-electron chi connectivity index (χ2n) is 6.12. The molecule has 4 amide bonds. The molecule has 2 heterocycles. The van der Waals surface area contributed by atoms with Gasteiger partial charge in [0.1, 0.15) is 12.6 Å². The largest absolute Gasteiger partial charge is 0.370 e. The Morgan fingerprint density at radius 1 is 1.35 bits per heavy atom. The van der Waals surface area contributed by atoms with E-state index in [4.69, 9.17) is 10.5 Å². The Balaban J connectivity index is 1.74. The molecule has 4 N–H and O–H groups in total. The Morgan fingerprint density at radius 2 is 2.15 bits per heavy atom. The summed E-state index contributed by atoms with van der Waals surface area (Å²) >= 11 is 0. The van der Waals surface area contributed by atoms with Crippen molar-refractivity contribution >= 4 is 29.3 Å². The molecule has 0 spiro atoms. The molecule has 0 aromatic heterocycles. The summed E-state index contributed by atoms with van der Waals surface area (Å²) < 4.78 is 5.10. The molecule has 9 nitrogen and oxygen atoms in total. The number of rotatable bonds is 6. The molecule has 0 bridgehead atoms. The molecular weight excluding hydrogens is 340 g/mol. The van der Waals surface area contributed by atoms with Crippen molar-refractivity contribution < 1.29 is 23.9 Å². The summed E-state index contributed by atoms with van der Waals surface area (Å²) in [7, 11) is 0. The zero-order valence-corrected chi connectivity index (χ0v) is 14.1. The molecule has 1 aromatic carbocycles. The molecule has 0 saturated carbocycles. The standard InChI is InChI=1S/C17H20N4O5/c18-6-7-26-9-15(23)19-12-3-1-2-10-11(12)8-21(17(10)25)13-4-5-14(22)20-16(13)24/h1-3,13H,4-9,18H2,(H,19,23)(H,20,22,24). The van der Waals surface area contributed by atoms with Crippen LogP contribution in [-0.4, -0.2) is 54.3 Å². The molecule has 1 saturated heterocycles. The minimum atomic E-state index is -0.691. The Bertz CT molecular complexity index is 764. The molecule has 2 aliphatic heterocycles. The number of hydrogen-bond donors (Lipinski definition) is 3. The van der Waals surface area contributed by atoms with Crippen LogP contribution in [0.1, 0.15) is 28.8 Å². The summed E-state index contributed by atoms with van der Waals surface area (Å²) in [6.45, 7) is 0.664. The molecule has 138 valence electrons. The second-order valence-corrected chi connectivity index (χ2v) is 6.12. The molecule has 3 rings (SSSR count). The van der Waals surface area contributed by atoms with Gasteiger partial charge in [-0.2, -0.15) is 0 Å². The van der Waals surface area contributed by atoms with Crippen LogP contribution in [0.2, 0.25) is 0 Å². The van der Waals surface area contributed by atoms with E-state index in [9.17, 15) is 19.2 Å². The van der Waals surface area contributed by atoms with Gasteiger partial charge in [-0.05, 0) is 18.6 Å². The molecule has 1 atom stereocenters. The Kier molecular flexibility index (Phi) is 5.29. The lowest BCUT2D eigenvalue weighted by Gasteiger charge is -2.29. The van der Waals surface area contributed by atoms with Gasteiger partial charge in [0.2, 0.25) is 17.7 Å². The van der Waals surface area contributed by atoms with E-state index < -0.39 is 11.9 Å². The lowest BCUT2D eigenvalue weighted by molar-refractivity contribution is -0.137. The number of piperidine rings is 1. The van der Waals surface area contributed by atoms with Gasteiger partial charge in [0.05, 0.1) is 6.61 Å². The number of nitrogens with zero attached hydrogens (tertiary/aromatic N) is 1. The maximum absolute atomic E-state index is 12.7. The van der Waals surface area contributed by atoms with Crippen LogP contribution in [-0.2, 0) is 25.7 Å². The highest BCUT2D eigenvalue weighted by Gasteiger charge is 2.39. The van der Waals surface area contributed by atoms with Crippen LogP contribution in [0.4, 0.5) is 5.69 Å². The number of ether oxygens (including phenoxy) is 1. The van der Waals surface area contributed by atoms with Gasteiger partial charge in [0.25, 0.3) is 5.91 Å². The molecule has 1 unspecified atom stereocenters. The lowest BCUT2D eigenvalue weighted by Crippen LogP contribution is -2.52. The van der Waals surface area contributed by atoms with Gasteiger partial charge in [0.15, 0.2) is 0 Å². The van der Waals surface area contributed by atoms with E-state index >= 15 is 0 Å². The van der Waals surface area contributed by atoms with Crippen LogP contribution in [0.25, 0.3) is 0 Å². The molecule has 0 aliphatic carbocycles. The number of hydrogen-bond acceptors (Lipinski definition) is 6. The van der Waals surface area contributed by atoms with E-state index in [1.54, 1.807) is 18.2 Å². The minimum Gasteiger partial charge on any atom is -0.370 e. The number of nitrogens with one attached hydrogen (secondary N) is 2. The summed E-state index contributed by atoms with van der Waals surface area (Å²) in [4.78, 5) is 49.5. The third-order valence-electron chi connectivity index (χ3n) is 4.35. The van der Waals surface area contributed by atoms with E-state index in [1.807, 2.05) is 0 Å². The van der Waals surface area contributed by atoms with Crippen molar-refractivity contribution in [2.45, 2.75) is 25.4 Å². The van der Waals surface area contributed by atoms with E-state index in [0.717, 1.165) is 0 Å². The maximum atomic E-state index is 12.7. The first-order valence-electron chi connectivity index (χ1n) is 8.35. The fourth-order valence-corrected chi connectivity index (χ4v) is 3.14. The first kappa shape index (κ1) is 18.0. The van der Waals surface area contributed by atoms with E-state index in [0.29, 0.717) is 29.8 Å². The highest BCUT2D eigenvalue weighted by molar-refractivity contribution is 6.06. The fraction of sp³-hybridized carbons (Fsp3) is 0.412. The van der Waals surface area contributed by atoms with E-state index in [1.165, 1.54) is 4.90 Å². The van der Waals surface area contributed by atoms with Gasteiger partial charge < -0.3 is 20.7 Å². The SMILES string of the molecule is NCCOCC(=O)Nc1cccc2c1CN(C1CCC(=O)NC1=O)C2=O. The maximum Gasteiger partial charge on any atom is 0.255 e. The summed E-state index contributed by atoms with van der Waals surface area (Å²) in [5, 5.41) is 4.99. The fourth-order valence-electron chi connectivity index (χ4n) is 3.14. The minimum absolute atomic E-state index is 0.133. The first-order valence-corrected chi connectivity index (χ1v) is 8.35. The highest BCUT2D eigenvalue weighted by atomic mass is 16.5. The molecule has 1 fully saturated rings. The van der Waals surface area contributed by atoms with Crippen molar-refractivity contribution in [1.82, 2.24) is 10.2 Å². The number of carbonyl (C=O) groups is 4. The summed E-state index contributed by atoms with van der Waals surface area (Å²) in [5.41, 5.74) is 6.90. The van der Waals surface area contributed by atoms with Crippen LogP contribution in [0.15, 0.2) is 18.2 Å². The van der Waals surface area contributed by atoms with E-state index in [2.05, 4.69) is 10.6 Å². The Hall–Kier alpha value is -2.78. The van der Waals surface area contributed by atoms with Crippen LogP contribution in [0.5, 0.6) is 0 Å². The number of imide groups is 1. The van der Waals surface area contributed by atoms with Gasteiger partial charge in [0, 0.05) is 36.3 Å². The summed E-state index contributed by atoms with van der Waals surface area (Å²) in [6, 6.07) is 4.33. The van der Waals surface area contributed by atoms with Gasteiger partial charge in [-0.15, -0.1) is 0 Å². The smallest absolute Gasteiger partial charge is 0.255 e. The molecule has 0 radical (unpaired) electrons. The normalized spacial score (nSPS) is 19.3. The average molecular weight is 360 g/mol. The van der Waals surface area contributed by atoms with Crippen molar-refractivity contribution in [3.05, 3.63) is 29.3 Å². The van der Waals surface area contributed by atoms with Crippen LogP contribution >= 0.6 is 0 Å². The zero-order valence-electron chi connectivity index (χ0n) is 14.1. The monoisotopic (exact) mass is 360 g/mol. The van der Waals surface area contributed by atoms with Crippen molar-refractivity contribution in [3.8, 4) is 0 Å². The van der Waals surface area contributed by atoms with Gasteiger partial charge >= 0.3 is 0 Å². The third-order valence-corrected chi connectivity index (χ3v) is 4.35. The van der Waals surface area contributed by atoms with Crippen LogP contribution in [0.3, 0.4) is 0 Å². The topological polar surface area (TPSA) is 131 Å². The van der Waals surface area contributed by atoms with Crippen LogP contribution in [0, 0.1) is 0 Å². The second kappa shape index (κ2) is 7.63. The lowest BCUT2D eigenvalue weighted by atomic mass is 10.0. The molecule has 26 heavy (non-hydrogen) atoms. The molecule has 9 heteroatoms. The number of fused-ring (bicyclic) bond motifs is 1. The van der Waals surface area contributed by atoms with Gasteiger partial charge in [-0.25, -0.2) is 0 Å². The zero-order chi connectivity index (χ0) is 18.7. The molecular formula is C17H20N4O5. The third kappa shape index (κ3) is 3.58.